The van der Waals surface area contributed by atoms with Crippen molar-refractivity contribution in [3.8, 4) is 0 Å². The zero-order valence-electron chi connectivity index (χ0n) is 14.5. The molecule has 3 rings (SSSR count). The van der Waals surface area contributed by atoms with Gasteiger partial charge in [-0.3, -0.25) is 4.90 Å². The van der Waals surface area contributed by atoms with Gasteiger partial charge in [0.05, 0.1) is 24.9 Å². The van der Waals surface area contributed by atoms with Gasteiger partial charge in [0.2, 0.25) is 5.89 Å². The minimum atomic E-state index is 0.147. The lowest BCUT2D eigenvalue weighted by molar-refractivity contribution is -0.0168. The van der Waals surface area contributed by atoms with Gasteiger partial charge in [0, 0.05) is 20.2 Å². The van der Waals surface area contributed by atoms with Crippen LogP contribution < -0.4 is 0 Å². The van der Waals surface area contributed by atoms with Crippen molar-refractivity contribution in [1.82, 2.24) is 15.0 Å². The molecule has 2 heterocycles. The van der Waals surface area contributed by atoms with Crippen LogP contribution in [0.1, 0.15) is 56.8 Å². The lowest BCUT2D eigenvalue weighted by Crippen LogP contribution is -2.32. The van der Waals surface area contributed by atoms with Gasteiger partial charge in [-0.15, -0.1) is 0 Å². The van der Waals surface area contributed by atoms with Crippen LogP contribution in [-0.2, 0) is 9.47 Å². The highest BCUT2D eigenvalue weighted by Crippen LogP contribution is 2.32. The van der Waals surface area contributed by atoms with E-state index in [1.807, 2.05) is 6.92 Å². The Labute approximate surface area is 138 Å². The summed E-state index contributed by atoms with van der Waals surface area (Å²) in [5.74, 6) is 2.07. The Kier molecular flexibility index (Phi) is 5.67. The molecule has 6 heteroatoms. The van der Waals surface area contributed by atoms with Crippen LogP contribution in [0.2, 0.25) is 0 Å². The van der Waals surface area contributed by atoms with Crippen molar-refractivity contribution in [2.24, 2.45) is 5.92 Å². The lowest BCUT2D eigenvalue weighted by Gasteiger charge is -2.30. The maximum absolute atomic E-state index is 6.17. The molecule has 1 aromatic rings. The molecule has 0 unspecified atom stereocenters. The molecule has 2 aliphatic rings. The Bertz CT molecular complexity index is 493. The first-order chi connectivity index (χ1) is 11.2. The van der Waals surface area contributed by atoms with Crippen molar-refractivity contribution in [2.75, 3.05) is 26.8 Å². The molecule has 0 N–H and O–H groups in total. The van der Waals surface area contributed by atoms with Gasteiger partial charge in [0.1, 0.15) is 0 Å². The van der Waals surface area contributed by atoms with E-state index in [1.54, 1.807) is 7.11 Å². The normalized spacial score (nSPS) is 32.5. The van der Waals surface area contributed by atoms with Gasteiger partial charge in [-0.2, -0.15) is 4.98 Å². The number of hydrogen-bond acceptors (Lipinski definition) is 6. The van der Waals surface area contributed by atoms with Gasteiger partial charge >= 0.3 is 0 Å². The van der Waals surface area contributed by atoms with Gasteiger partial charge in [0.15, 0.2) is 5.82 Å². The summed E-state index contributed by atoms with van der Waals surface area (Å²) >= 11 is 0. The van der Waals surface area contributed by atoms with E-state index in [0.717, 1.165) is 26.1 Å². The number of rotatable bonds is 6. The molecular formula is C17H29N3O3. The van der Waals surface area contributed by atoms with Crippen LogP contribution in [0.3, 0.4) is 0 Å². The fraction of sp³-hybridized carbons (Fsp3) is 0.882. The second kappa shape index (κ2) is 7.73. The van der Waals surface area contributed by atoms with Crippen LogP contribution in [-0.4, -0.2) is 54.1 Å². The second-order valence-electron chi connectivity index (χ2n) is 6.95. The van der Waals surface area contributed by atoms with E-state index in [1.165, 1.54) is 25.7 Å². The molecule has 1 aromatic heterocycles. The molecule has 0 aromatic carbocycles. The molecule has 1 aliphatic heterocycles. The minimum Gasteiger partial charge on any atom is -0.380 e. The van der Waals surface area contributed by atoms with E-state index in [9.17, 15) is 0 Å². The second-order valence-corrected chi connectivity index (χ2v) is 6.95. The van der Waals surface area contributed by atoms with E-state index >= 15 is 0 Å². The Balaban J connectivity index is 1.54. The minimum absolute atomic E-state index is 0.147. The molecule has 6 nitrogen and oxygen atoms in total. The SMILES string of the molecule is CO[C@@H]1C[C@H](c2nc(C)no2)N(CCO[C@H]2CCCC[C@@H]2C)C1. The monoisotopic (exact) mass is 323 g/mol. The van der Waals surface area contributed by atoms with Gasteiger partial charge < -0.3 is 14.0 Å². The number of likely N-dealkylation sites (tertiary alicyclic amines) is 1. The molecule has 1 saturated heterocycles. The molecule has 130 valence electrons. The number of hydrogen-bond donors (Lipinski definition) is 0. The number of aryl methyl sites for hydroxylation is 1. The van der Waals surface area contributed by atoms with Crippen LogP contribution in [0.15, 0.2) is 4.52 Å². The molecule has 1 saturated carbocycles. The van der Waals surface area contributed by atoms with Crippen molar-refractivity contribution in [1.29, 1.82) is 0 Å². The summed E-state index contributed by atoms with van der Waals surface area (Å²) in [6.45, 7) is 6.70. The summed E-state index contributed by atoms with van der Waals surface area (Å²) < 4.78 is 17.1. The Morgan fingerprint density at radius 2 is 2.13 bits per heavy atom. The van der Waals surface area contributed by atoms with Gasteiger partial charge in [-0.05, 0) is 32.1 Å². The molecule has 23 heavy (non-hydrogen) atoms. The van der Waals surface area contributed by atoms with E-state index in [2.05, 4.69) is 22.0 Å². The summed E-state index contributed by atoms with van der Waals surface area (Å²) in [7, 11) is 1.77. The van der Waals surface area contributed by atoms with E-state index in [-0.39, 0.29) is 12.1 Å². The third-order valence-corrected chi connectivity index (χ3v) is 5.27. The van der Waals surface area contributed by atoms with Crippen molar-refractivity contribution < 1.29 is 14.0 Å². The summed E-state index contributed by atoms with van der Waals surface area (Å²) in [6, 6.07) is 0.147. The molecule has 0 amide bonds. The molecule has 1 aliphatic carbocycles. The van der Waals surface area contributed by atoms with E-state index in [4.69, 9.17) is 14.0 Å². The number of methoxy groups -OCH3 is 1. The van der Waals surface area contributed by atoms with Crippen LogP contribution in [0.25, 0.3) is 0 Å². The maximum Gasteiger partial charge on any atom is 0.244 e. The van der Waals surface area contributed by atoms with Gasteiger partial charge in [-0.1, -0.05) is 24.9 Å². The topological polar surface area (TPSA) is 60.6 Å². The largest absolute Gasteiger partial charge is 0.380 e. The quantitative estimate of drug-likeness (QED) is 0.802. The molecule has 4 atom stereocenters. The fourth-order valence-corrected chi connectivity index (χ4v) is 3.84. The molecule has 0 bridgehead atoms. The van der Waals surface area contributed by atoms with E-state index in [0.29, 0.717) is 23.7 Å². The average molecular weight is 323 g/mol. The van der Waals surface area contributed by atoms with Crippen LogP contribution in [0, 0.1) is 12.8 Å². The predicted octanol–water partition coefficient (Wildman–Crippen LogP) is 2.74. The highest BCUT2D eigenvalue weighted by atomic mass is 16.5. The smallest absolute Gasteiger partial charge is 0.244 e. The highest BCUT2D eigenvalue weighted by Gasteiger charge is 2.36. The predicted molar refractivity (Wildman–Crippen MR) is 86.1 cm³/mol. The van der Waals surface area contributed by atoms with Crippen LogP contribution in [0.5, 0.6) is 0 Å². The Morgan fingerprint density at radius 1 is 1.30 bits per heavy atom. The highest BCUT2D eigenvalue weighted by molar-refractivity contribution is 4.98. The number of aromatic nitrogens is 2. The van der Waals surface area contributed by atoms with Crippen LogP contribution >= 0.6 is 0 Å². The third kappa shape index (κ3) is 4.11. The summed E-state index contributed by atoms with van der Waals surface area (Å²) in [5.41, 5.74) is 0. The molecular weight excluding hydrogens is 294 g/mol. The Morgan fingerprint density at radius 3 is 2.83 bits per heavy atom. The lowest BCUT2D eigenvalue weighted by atomic mass is 9.88. The summed E-state index contributed by atoms with van der Waals surface area (Å²) in [4.78, 5) is 6.76. The van der Waals surface area contributed by atoms with Gasteiger partial charge in [0.25, 0.3) is 0 Å². The first-order valence-corrected chi connectivity index (χ1v) is 8.86. The number of ether oxygens (including phenoxy) is 2. The molecule has 2 fully saturated rings. The van der Waals surface area contributed by atoms with Crippen molar-refractivity contribution in [2.45, 2.75) is 64.2 Å². The third-order valence-electron chi connectivity index (χ3n) is 5.27. The van der Waals surface area contributed by atoms with Crippen molar-refractivity contribution >= 4 is 0 Å². The van der Waals surface area contributed by atoms with Crippen LogP contribution in [0.4, 0.5) is 0 Å². The van der Waals surface area contributed by atoms with Crippen molar-refractivity contribution in [3.05, 3.63) is 11.7 Å². The average Bonchev–Trinajstić information content (AvgIpc) is 3.15. The fourth-order valence-electron chi connectivity index (χ4n) is 3.84. The Hall–Kier alpha value is -0.980. The zero-order valence-corrected chi connectivity index (χ0v) is 14.5. The molecule has 0 radical (unpaired) electrons. The summed E-state index contributed by atoms with van der Waals surface area (Å²) in [6.07, 6.45) is 6.70. The van der Waals surface area contributed by atoms with Gasteiger partial charge in [-0.25, -0.2) is 0 Å². The van der Waals surface area contributed by atoms with E-state index < -0.39 is 0 Å². The number of nitrogens with zero attached hydrogens (tertiary/aromatic N) is 3. The first kappa shape index (κ1) is 16.9. The maximum atomic E-state index is 6.17. The summed E-state index contributed by atoms with van der Waals surface area (Å²) in [5, 5.41) is 3.93. The molecule has 0 spiro atoms. The standard InChI is InChI=1S/C17H29N3O3/c1-12-6-4-5-7-16(12)22-9-8-20-11-14(21-3)10-15(20)17-18-13(2)19-23-17/h12,14-16H,4-11H2,1-3H3/t12-,14+,15+,16-/m0/s1. The van der Waals surface area contributed by atoms with Crippen molar-refractivity contribution in [3.63, 3.8) is 0 Å². The zero-order chi connectivity index (χ0) is 16.2. The first-order valence-electron chi connectivity index (χ1n) is 8.86.